The molecule has 0 unspecified atom stereocenters. The van der Waals surface area contributed by atoms with Crippen LogP contribution in [-0.2, 0) is 4.74 Å². The highest BCUT2D eigenvalue weighted by molar-refractivity contribution is 7.21. The monoisotopic (exact) mass is 320 g/mol. The van der Waals surface area contributed by atoms with E-state index in [0.717, 1.165) is 28.3 Å². The number of nitrogens with one attached hydrogen (secondary N) is 2. The second-order valence-corrected chi connectivity index (χ2v) is 7.48. The van der Waals surface area contributed by atoms with Crippen molar-refractivity contribution < 1.29 is 9.53 Å². The molecule has 0 spiro atoms. The van der Waals surface area contributed by atoms with E-state index in [-0.39, 0.29) is 12.1 Å². The van der Waals surface area contributed by atoms with Gasteiger partial charge in [0.1, 0.15) is 15.9 Å². The summed E-state index contributed by atoms with van der Waals surface area (Å²) in [6.07, 6.45) is 3.18. The van der Waals surface area contributed by atoms with Gasteiger partial charge in [-0.1, -0.05) is 11.3 Å². The number of hydrogen-bond acceptors (Lipinski definition) is 6. The summed E-state index contributed by atoms with van der Waals surface area (Å²) in [7, 11) is 0. The van der Waals surface area contributed by atoms with E-state index in [2.05, 4.69) is 20.6 Å². The van der Waals surface area contributed by atoms with Crippen LogP contribution in [-0.4, -0.2) is 33.7 Å². The van der Waals surface area contributed by atoms with Crippen LogP contribution >= 0.6 is 11.3 Å². The number of aromatic nitrogens is 2. The molecular weight excluding hydrogens is 300 g/mol. The highest BCUT2D eigenvalue weighted by Gasteiger charge is 2.32. The molecule has 0 bridgehead atoms. The first-order valence-corrected chi connectivity index (χ1v) is 8.18. The van der Waals surface area contributed by atoms with E-state index in [4.69, 9.17) is 4.74 Å². The molecule has 0 aromatic carbocycles. The summed E-state index contributed by atoms with van der Waals surface area (Å²) in [6.45, 7) is 5.58. The second kappa shape index (κ2) is 5.72. The van der Waals surface area contributed by atoms with Gasteiger partial charge in [0, 0.05) is 18.3 Å². The molecule has 2 N–H and O–H groups in total. The smallest absolute Gasteiger partial charge is 0.407 e. The maximum Gasteiger partial charge on any atom is 0.407 e. The van der Waals surface area contributed by atoms with Crippen molar-refractivity contribution in [1.82, 2.24) is 15.3 Å². The van der Waals surface area contributed by atoms with Crippen LogP contribution in [0.4, 0.5) is 9.93 Å². The van der Waals surface area contributed by atoms with E-state index in [1.54, 1.807) is 17.5 Å². The highest BCUT2D eigenvalue weighted by atomic mass is 32.1. The van der Waals surface area contributed by atoms with Crippen LogP contribution in [0, 0.1) is 0 Å². The minimum Gasteiger partial charge on any atom is -0.444 e. The number of hydrogen-bond donors (Lipinski definition) is 2. The Morgan fingerprint density at radius 2 is 2.14 bits per heavy atom. The summed E-state index contributed by atoms with van der Waals surface area (Å²) in [5.74, 6) is 0. The van der Waals surface area contributed by atoms with Crippen molar-refractivity contribution in [2.45, 2.75) is 51.3 Å². The third-order valence-electron chi connectivity index (χ3n) is 3.35. The molecule has 118 valence electrons. The van der Waals surface area contributed by atoms with E-state index in [1.165, 1.54) is 0 Å². The molecule has 1 aliphatic rings. The van der Waals surface area contributed by atoms with Gasteiger partial charge in [0.05, 0.1) is 0 Å². The molecule has 2 aromatic heterocycles. The van der Waals surface area contributed by atoms with Gasteiger partial charge in [0.2, 0.25) is 0 Å². The second-order valence-electron chi connectivity index (χ2n) is 6.50. The molecule has 0 saturated heterocycles. The number of pyridine rings is 1. The Kier molecular flexibility index (Phi) is 3.90. The zero-order chi connectivity index (χ0) is 15.7. The van der Waals surface area contributed by atoms with Gasteiger partial charge in [0.25, 0.3) is 0 Å². The number of rotatable bonds is 3. The molecule has 1 aliphatic carbocycles. The van der Waals surface area contributed by atoms with Gasteiger partial charge in [-0.05, 0) is 45.7 Å². The first kappa shape index (κ1) is 15.0. The van der Waals surface area contributed by atoms with Crippen LogP contribution in [0.1, 0.15) is 33.6 Å². The van der Waals surface area contributed by atoms with E-state index in [9.17, 15) is 4.79 Å². The van der Waals surface area contributed by atoms with Crippen molar-refractivity contribution in [1.29, 1.82) is 0 Å². The molecule has 1 amide bonds. The predicted octanol–water partition coefficient (Wildman–Crippen LogP) is 3.16. The number of ether oxygens (including phenoxy) is 1. The number of fused-ring (bicyclic) bond motifs is 1. The van der Waals surface area contributed by atoms with Crippen molar-refractivity contribution in [2.24, 2.45) is 0 Å². The third kappa shape index (κ3) is 3.65. The van der Waals surface area contributed by atoms with Crippen LogP contribution in [0.15, 0.2) is 18.3 Å². The lowest BCUT2D eigenvalue weighted by Gasteiger charge is -2.36. The lowest BCUT2D eigenvalue weighted by Crippen LogP contribution is -2.50. The fraction of sp³-hybridized carbons (Fsp3) is 0.533. The molecule has 0 radical (unpaired) electrons. The van der Waals surface area contributed by atoms with Crippen LogP contribution in [0.2, 0.25) is 0 Å². The van der Waals surface area contributed by atoms with Crippen molar-refractivity contribution in [2.75, 3.05) is 5.32 Å². The van der Waals surface area contributed by atoms with Gasteiger partial charge in [0.15, 0.2) is 5.13 Å². The van der Waals surface area contributed by atoms with Crippen molar-refractivity contribution in [3.63, 3.8) is 0 Å². The minimum atomic E-state index is -0.459. The number of thiazole rings is 1. The molecule has 7 heteroatoms. The Morgan fingerprint density at radius 3 is 2.82 bits per heavy atom. The molecule has 6 nitrogen and oxygen atoms in total. The highest BCUT2D eigenvalue weighted by Crippen LogP contribution is 2.29. The maximum absolute atomic E-state index is 11.7. The summed E-state index contributed by atoms with van der Waals surface area (Å²) in [5.41, 5.74) is 0.456. The van der Waals surface area contributed by atoms with Crippen LogP contribution in [0.5, 0.6) is 0 Å². The average Bonchev–Trinajstić information content (AvgIpc) is 2.76. The Balaban J connectivity index is 1.46. The number of anilines is 1. The van der Waals surface area contributed by atoms with E-state index in [0.29, 0.717) is 6.04 Å². The molecule has 3 rings (SSSR count). The van der Waals surface area contributed by atoms with Crippen LogP contribution < -0.4 is 10.6 Å². The van der Waals surface area contributed by atoms with Gasteiger partial charge in [-0.2, -0.15) is 0 Å². The maximum atomic E-state index is 11.7. The lowest BCUT2D eigenvalue weighted by atomic mass is 9.87. The van der Waals surface area contributed by atoms with Crippen LogP contribution in [0.25, 0.3) is 10.3 Å². The molecule has 0 atom stereocenters. The van der Waals surface area contributed by atoms with Gasteiger partial charge >= 0.3 is 6.09 Å². The van der Waals surface area contributed by atoms with E-state index < -0.39 is 5.60 Å². The topological polar surface area (TPSA) is 76.1 Å². The van der Waals surface area contributed by atoms with Gasteiger partial charge in [-0.3, -0.25) is 0 Å². The number of carbonyl (C=O) groups is 1. The summed E-state index contributed by atoms with van der Waals surface area (Å²) < 4.78 is 5.25. The molecule has 1 fully saturated rings. The molecule has 2 aromatic rings. The number of amides is 1. The SMILES string of the molecule is CC(C)(C)OC(=O)NC1CC(Nc2nc3cccnc3s2)C1. The number of carbonyl (C=O) groups excluding carboxylic acids is 1. The molecule has 22 heavy (non-hydrogen) atoms. The standard InChI is InChI=1S/C15H20N4O2S/c1-15(2,3)21-14(20)18-10-7-9(8-10)17-13-19-11-5-4-6-16-12(11)22-13/h4-6,9-10H,7-8H2,1-3H3,(H,17,19)(H,18,20). The lowest BCUT2D eigenvalue weighted by molar-refractivity contribution is 0.0475. The Labute approximate surface area is 133 Å². The Bertz CT molecular complexity index is 640. The Morgan fingerprint density at radius 1 is 1.36 bits per heavy atom. The predicted molar refractivity (Wildman–Crippen MR) is 87.2 cm³/mol. The summed E-state index contributed by atoms with van der Waals surface area (Å²) >= 11 is 1.55. The fourth-order valence-electron chi connectivity index (χ4n) is 2.33. The molecule has 2 heterocycles. The summed E-state index contributed by atoms with van der Waals surface area (Å²) in [5, 5.41) is 7.16. The largest absolute Gasteiger partial charge is 0.444 e. The quantitative estimate of drug-likeness (QED) is 0.908. The molecule has 1 saturated carbocycles. The minimum absolute atomic E-state index is 0.167. The van der Waals surface area contributed by atoms with Crippen LogP contribution in [0.3, 0.4) is 0 Å². The Hall–Kier alpha value is -1.89. The van der Waals surface area contributed by atoms with E-state index in [1.807, 2.05) is 32.9 Å². The van der Waals surface area contributed by atoms with Gasteiger partial charge in [-0.15, -0.1) is 0 Å². The van der Waals surface area contributed by atoms with Gasteiger partial charge in [-0.25, -0.2) is 14.8 Å². The van der Waals surface area contributed by atoms with Crippen molar-refractivity contribution in [3.8, 4) is 0 Å². The first-order chi connectivity index (χ1) is 10.4. The summed E-state index contributed by atoms with van der Waals surface area (Å²) in [4.78, 5) is 21.4. The first-order valence-electron chi connectivity index (χ1n) is 7.37. The normalized spacial score (nSPS) is 21.2. The number of alkyl carbamates (subject to hydrolysis) is 1. The zero-order valence-corrected chi connectivity index (χ0v) is 13.7. The van der Waals surface area contributed by atoms with E-state index >= 15 is 0 Å². The number of nitrogens with zero attached hydrogens (tertiary/aromatic N) is 2. The summed E-state index contributed by atoms with van der Waals surface area (Å²) in [6, 6.07) is 4.34. The fourth-order valence-corrected chi connectivity index (χ4v) is 3.22. The average molecular weight is 320 g/mol. The van der Waals surface area contributed by atoms with Crippen molar-refractivity contribution >= 4 is 32.9 Å². The zero-order valence-electron chi connectivity index (χ0n) is 12.9. The van der Waals surface area contributed by atoms with Crippen molar-refractivity contribution in [3.05, 3.63) is 18.3 Å². The van der Waals surface area contributed by atoms with Gasteiger partial charge < -0.3 is 15.4 Å². The molecular formula is C15H20N4O2S. The molecule has 0 aliphatic heterocycles. The third-order valence-corrected chi connectivity index (χ3v) is 4.26.